The van der Waals surface area contributed by atoms with Crippen LogP contribution in [0.3, 0.4) is 0 Å². The van der Waals surface area contributed by atoms with Crippen molar-refractivity contribution in [3.63, 3.8) is 0 Å². The van der Waals surface area contributed by atoms with Gasteiger partial charge < -0.3 is 14.5 Å². The molecule has 5 heteroatoms. The first-order valence-electron chi connectivity index (χ1n) is 8.95. The fraction of sp³-hybridized carbons (Fsp3) is 0.579. The number of piperazine rings is 1. The van der Waals surface area contributed by atoms with Gasteiger partial charge in [-0.1, -0.05) is 37.3 Å². The normalized spacial score (nSPS) is 22.5. The zero-order valence-electron chi connectivity index (χ0n) is 14.3. The van der Waals surface area contributed by atoms with E-state index in [9.17, 15) is 9.59 Å². The third kappa shape index (κ3) is 3.61. The van der Waals surface area contributed by atoms with Gasteiger partial charge in [-0.25, -0.2) is 0 Å². The average molecular weight is 330 g/mol. The lowest BCUT2D eigenvalue weighted by Crippen LogP contribution is -2.53. The van der Waals surface area contributed by atoms with Crippen molar-refractivity contribution < 1.29 is 14.3 Å². The Bertz CT molecular complexity index is 561. The molecule has 2 fully saturated rings. The lowest BCUT2D eigenvalue weighted by atomic mass is 9.95. The molecule has 1 aromatic carbocycles. The van der Waals surface area contributed by atoms with Crippen molar-refractivity contribution in [1.82, 2.24) is 9.80 Å². The van der Waals surface area contributed by atoms with Crippen LogP contribution in [0.2, 0.25) is 0 Å². The van der Waals surface area contributed by atoms with E-state index in [-0.39, 0.29) is 23.8 Å². The molecule has 0 bridgehead atoms. The van der Waals surface area contributed by atoms with Crippen LogP contribution in [0.1, 0.15) is 37.7 Å². The van der Waals surface area contributed by atoms with E-state index in [2.05, 4.69) is 0 Å². The smallest absolute Gasteiger partial charge is 0.251 e. The van der Waals surface area contributed by atoms with Crippen LogP contribution >= 0.6 is 0 Å². The average Bonchev–Trinajstić information content (AvgIpc) is 3.17. The molecule has 0 radical (unpaired) electrons. The number of amides is 2. The van der Waals surface area contributed by atoms with Crippen LogP contribution in [-0.2, 0) is 14.3 Å². The van der Waals surface area contributed by atoms with Crippen LogP contribution in [0, 0.1) is 0 Å². The number of benzene rings is 1. The lowest BCUT2D eigenvalue weighted by molar-refractivity contribution is -0.146. The van der Waals surface area contributed by atoms with E-state index < -0.39 is 0 Å². The predicted octanol–water partition coefficient (Wildman–Crippen LogP) is 2.03. The molecule has 2 aliphatic rings. The Labute approximate surface area is 143 Å². The predicted molar refractivity (Wildman–Crippen MR) is 91.6 cm³/mol. The molecule has 0 aliphatic carbocycles. The summed E-state index contributed by atoms with van der Waals surface area (Å²) < 4.78 is 5.48. The molecular weight excluding hydrogens is 304 g/mol. The van der Waals surface area contributed by atoms with E-state index in [1.54, 1.807) is 0 Å². The van der Waals surface area contributed by atoms with Crippen LogP contribution in [0.25, 0.3) is 0 Å². The van der Waals surface area contributed by atoms with E-state index in [4.69, 9.17) is 4.74 Å². The van der Waals surface area contributed by atoms with E-state index in [1.165, 1.54) is 0 Å². The van der Waals surface area contributed by atoms with Crippen molar-refractivity contribution in [2.45, 2.75) is 38.2 Å². The summed E-state index contributed by atoms with van der Waals surface area (Å²) in [6.07, 6.45) is 2.31. The van der Waals surface area contributed by atoms with E-state index >= 15 is 0 Å². The first-order chi connectivity index (χ1) is 11.7. The van der Waals surface area contributed by atoms with Crippen LogP contribution < -0.4 is 0 Å². The molecule has 0 N–H and O–H groups in total. The maximum atomic E-state index is 12.9. The quantitative estimate of drug-likeness (QED) is 0.849. The van der Waals surface area contributed by atoms with Gasteiger partial charge in [0.1, 0.15) is 6.10 Å². The number of carbonyl (C=O) groups excluding carboxylic acids is 2. The van der Waals surface area contributed by atoms with Gasteiger partial charge in [-0.3, -0.25) is 9.59 Å². The maximum Gasteiger partial charge on any atom is 0.251 e. The number of nitrogens with zero attached hydrogens (tertiary/aromatic N) is 2. The lowest BCUT2D eigenvalue weighted by Gasteiger charge is -2.37. The molecule has 0 saturated carbocycles. The summed E-state index contributed by atoms with van der Waals surface area (Å²) in [4.78, 5) is 29.0. The molecule has 2 unspecified atom stereocenters. The van der Waals surface area contributed by atoms with Gasteiger partial charge in [0.15, 0.2) is 0 Å². The molecule has 2 saturated heterocycles. The van der Waals surface area contributed by atoms with Crippen LogP contribution in [0.4, 0.5) is 0 Å². The minimum absolute atomic E-state index is 0.0911. The Balaban J connectivity index is 1.57. The maximum absolute atomic E-state index is 12.9. The minimum Gasteiger partial charge on any atom is -0.368 e. The van der Waals surface area contributed by atoms with Crippen molar-refractivity contribution in [2.24, 2.45) is 0 Å². The van der Waals surface area contributed by atoms with E-state index in [0.717, 1.165) is 24.8 Å². The van der Waals surface area contributed by atoms with E-state index in [1.807, 2.05) is 47.1 Å². The standard InChI is InChI=1S/C19H26N2O3/c1-2-16(15-7-4-3-5-8-15)18(22)20-10-12-21(13-11-20)19(23)17-9-6-14-24-17/h3-5,7-8,16-17H,2,6,9-14H2,1H3. The highest BCUT2D eigenvalue weighted by Gasteiger charge is 2.32. The number of rotatable bonds is 4. The highest BCUT2D eigenvalue weighted by Crippen LogP contribution is 2.23. The third-order valence-corrected chi connectivity index (χ3v) is 5.02. The van der Waals surface area contributed by atoms with Crippen molar-refractivity contribution in [1.29, 1.82) is 0 Å². The fourth-order valence-electron chi connectivity index (χ4n) is 3.58. The summed E-state index contributed by atoms with van der Waals surface area (Å²) in [5, 5.41) is 0. The molecule has 1 aromatic rings. The van der Waals surface area contributed by atoms with E-state index in [0.29, 0.717) is 32.8 Å². The summed E-state index contributed by atoms with van der Waals surface area (Å²) in [5.41, 5.74) is 1.07. The highest BCUT2D eigenvalue weighted by atomic mass is 16.5. The van der Waals surface area contributed by atoms with Crippen molar-refractivity contribution >= 4 is 11.8 Å². The van der Waals surface area contributed by atoms with Gasteiger partial charge in [0.25, 0.3) is 5.91 Å². The van der Waals surface area contributed by atoms with Crippen molar-refractivity contribution in [2.75, 3.05) is 32.8 Å². The largest absolute Gasteiger partial charge is 0.368 e. The van der Waals surface area contributed by atoms with Gasteiger partial charge in [-0.2, -0.15) is 0 Å². The van der Waals surface area contributed by atoms with Gasteiger partial charge >= 0.3 is 0 Å². The first-order valence-corrected chi connectivity index (χ1v) is 8.95. The highest BCUT2D eigenvalue weighted by molar-refractivity contribution is 5.85. The molecule has 2 atom stereocenters. The Morgan fingerprint density at radius 2 is 1.79 bits per heavy atom. The monoisotopic (exact) mass is 330 g/mol. The molecule has 3 rings (SSSR count). The Morgan fingerprint density at radius 1 is 1.12 bits per heavy atom. The molecule has 0 aromatic heterocycles. The molecule has 5 nitrogen and oxygen atoms in total. The number of hydrogen-bond acceptors (Lipinski definition) is 3. The van der Waals surface area contributed by atoms with Gasteiger partial charge in [-0.15, -0.1) is 0 Å². The van der Waals surface area contributed by atoms with Gasteiger partial charge in [0, 0.05) is 32.8 Å². The molecule has 0 spiro atoms. The first kappa shape index (κ1) is 17.0. The molecule has 2 aliphatic heterocycles. The van der Waals surface area contributed by atoms with Crippen LogP contribution in [0.5, 0.6) is 0 Å². The second-order valence-corrected chi connectivity index (χ2v) is 6.52. The second kappa shape index (κ2) is 7.79. The number of carbonyl (C=O) groups is 2. The van der Waals surface area contributed by atoms with Crippen LogP contribution in [0.15, 0.2) is 30.3 Å². The summed E-state index contributed by atoms with van der Waals surface area (Å²) in [7, 11) is 0. The summed E-state index contributed by atoms with van der Waals surface area (Å²) in [6.45, 7) is 5.17. The fourth-order valence-corrected chi connectivity index (χ4v) is 3.58. The Morgan fingerprint density at radius 3 is 2.38 bits per heavy atom. The summed E-state index contributed by atoms with van der Waals surface area (Å²) in [6, 6.07) is 9.95. The van der Waals surface area contributed by atoms with Gasteiger partial charge in [0.2, 0.25) is 5.91 Å². The zero-order valence-corrected chi connectivity index (χ0v) is 14.3. The SMILES string of the molecule is CCC(C(=O)N1CCN(C(=O)C2CCCO2)CC1)c1ccccc1. The molecule has 130 valence electrons. The van der Waals surface area contributed by atoms with Crippen molar-refractivity contribution in [3.8, 4) is 0 Å². The van der Waals surface area contributed by atoms with Gasteiger partial charge in [-0.05, 0) is 24.8 Å². The third-order valence-electron chi connectivity index (χ3n) is 5.02. The number of hydrogen-bond donors (Lipinski definition) is 0. The Kier molecular flexibility index (Phi) is 5.51. The molecule has 2 amide bonds. The second-order valence-electron chi connectivity index (χ2n) is 6.52. The molecular formula is C19H26N2O3. The summed E-state index contributed by atoms with van der Waals surface area (Å²) in [5.74, 6) is 0.175. The Hall–Kier alpha value is -1.88. The minimum atomic E-state index is -0.264. The molecule has 2 heterocycles. The zero-order chi connectivity index (χ0) is 16.9. The van der Waals surface area contributed by atoms with Gasteiger partial charge in [0.05, 0.1) is 5.92 Å². The topological polar surface area (TPSA) is 49.9 Å². The number of ether oxygens (including phenoxy) is 1. The van der Waals surface area contributed by atoms with Crippen LogP contribution in [-0.4, -0.2) is 60.5 Å². The van der Waals surface area contributed by atoms with Crippen molar-refractivity contribution in [3.05, 3.63) is 35.9 Å². The molecule has 24 heavy (non-hydrogen) atoms. The summed E-state index contributed by atoms with van der Waals surface area (Å²) >= 11 is 0.